The van der Waals surface area contributed by atoms with Gasteiger partial charge in [-0.3, -0.25) is 10.2 Å². The number of ether oxygens (including phenoxy) is 2. The molecule has 6 N–H and O–H groups in total. The number of carbonyl (C=O) groups excluding carboxylic acids is 1. The van der Waals surface area contributed by atoms with Crippen LogP contribution in [0.5, 0.6) is 0 Å². The molecule has 0 saturated heterocycles. The Kier molecular flexibility index (Phi) is 6.32. The molecule has 124 valence electrons. The van der Waals surface area contributed by atoms with Crippen LogP contribution in [-0.2, 0) is 19.1 Å². The normalized spacial score (nSPS) is 25.6. The SMILES string of the molecule is CO[C@@H](CO)C[C@H]1OC(C(=O)O)=C[C@H](C(=N)N)[C@H]1NC(C)=O. The Morgan fingerprint density at radius 1 is 1.59 bits per heavy atom. The summed E-state index contributed by atoms with van der Waals surface area (Å²) in [5, 5.41) is 28.5. The fraction of sp³-hybridized carbons (Fsp3) is 0.615. The Morgan fingerprint density at radius 3 is 2.64 bits per heavy atom. The minimum atomic E-state index is -1.30. The van der Waals surface area contributed by atoms with E-state index in [1.54, 1.807) is 0 Å². The van der Waals surface area contributed by atoms with Gasteiger partial charge in [0.25, 0.3) is 0 Å². The number of nitrogens with two attached hydrogens (primary N) is 1. The highest BCUT2D eigenvalue weighted by atomic mass is 16.5. The monoisotopic (exact) mass is 315 g/mol. The zero-order valence-electron chi connectivity index (χ0n) is 12.4. The molecule has 0 saturated carbocycles. The van der Waals surface area contributed by atoms with E-state index < -0.39 is 30.1 Å². The van der Waals surface area contributed by atoms with Crippen molar-refractivity contribution in [1.29, 1.82) is 5.41 Å². The molecule has 22 heavy (non-hydrogen) atoms. The summed E-state index contributed by atoms with van der Waals surface area (Å²) in [5.74, 6) is -3.11. The number of amidine groups is 1. The van der Waals surface area contributed by atoms with Gasteiger partial charge in [-0.05, 0) is 6.08 Å². The summed E-state index contributed by atoms with van der Waals surface area (Å²) in [6.45, 7) is 1.00. The number of carbonyl (C=O) groups is 2. The molecule has 0 bridgehead atoms. The maximum Gasteiger partial charge on any atom is 0.370 e. The highest BCUT2D eigenvalue weighted by Gasteiger charge is 2.39. The molecule has 1 heterocycles. The van der Waals surface area contributed by atoms with Crippen LogP contribution in [0.2, 0.25) is 0 Å². The molecule has 0 aromatic rings. The molecule has 0 unspecified atom stereocenters. The number of hydrogen-bond acceptors (Lipinski definition) is 6. The van der Waals surface area contributed by atoms with E-state index in [4.69, 9.17) is 25.7 Å². The molecule has 0 spiro atoms. The van der Waals surface area contributed by atoms with Crippen molar-refractivity contribution in [2.24, 2.45) is 11.7 Å². The minimum Gasteiger partial charge on any atom is -0.481 e. The van der Waals surface area contributed by atoms with Crippen LogP contribution in [0, 0.1) is 11.3 Å². The molecular formula is C13H21N3O6. The number of carboxylic acids is 1. The second-order valence-electron chi connectivity index (χ2n) is 4.98. The van der Waals surface area contributed by atoms with Crippen LogP contribution < -0.4 is 11.1 Å². The van der Waals surface area contributed by atoms with Crippen LogP contribution in [0.15, 0.2) is 11.8 Å². The van der Waals surface area contributed by atoms with E-state index in [0.29, 0.717) is 0 Å². The first kappa shape index (κ1) is 17.9. The van der Waals surface area contributed by atoms with Crippen molar-refractivity contribution >= 4 is 17.7 Å². The van der Waals surface area contributed by atoms with E-state index in [9.17, 15) is 14.7 Å². The molecule has 4 atom stereocenters. The Balaban J connectivity index is 3.12. The van der Waals surface area contributed by atoms with Gasteiger partial charge in [-0.15, -0.1) is 0 Å². The van der Waals surface area contributed by atoms with E-state index >= 15 is 0 Å². The first-order valence-electron chi connectivity index (χ1n) is 6.66. The van der Waals surface area contributed by atoms with E-state index in [2.05, 4.69) is 5.32 Å². The lowest BCUT2D eigenvalue weighted by molar-refractivity contribution is -0.139. The second-order valence-corrected chi connectivity index (χ2v) is 4.98. The molecule has 0 radical (unpaired) electrons. The van der Waals surface area contributed by atoms with E-state index in [0.717, 1.165) is 0 Å². The van der Waals surface area contributed by atoms with Crippen molar-refractivity contribution in [3.63, 3.8) is 0 Å². The summed E-state index contributed by atoms with van der Waals surface area (Å²) in [4.78, 5) is 22.5. The Labute approximate surface area is 127 Å². The van der Waals surface area contributed by atoms with Crippen molar-refractivity contribution in [3.05, 3.63) is 11.8 Å². The maximum atomic E-state index is 11.4. The number of aliphatic carboxylic acids is 1. The number of nitrogens with one attached hydrogen (secondary N) is 2. The van der Waals surface area contributed by atoms with Crippen molar-refractivity contribution in [3.8, 4) is 0 Å². The summed E-state index contributed by atoms with van der Waals surface area (Å²) >= 11 is 0. The molecule has 1 rings (SSSR count). The molecule has 1 amide bonds. The molecular weight excluding hydrogens is 294 g/mol. The fourth-order valence-corrected chi connectivity index (χ4v) is 2.30. The van der Waals surface area contributed by atoms with Crippen molar-refractivity contribution < 1.29 is 29.3 Å². The topological polar surface area (TPSA) is 155 Å². The minimum absolute atomic E-state index is 0.131. The van der Waals surface area contributed by atoms with Gasteiger partial charge in [-0.25, -0.2) is 4.79 Å². The largest absolute Gasteiger partial charge is 0.481 e. The average Bonchev–Trinajstić information content (AvgIpc) is 2.44. The highest BCUT2D eigenvalue weighted by Crippen LogP contribution is 2.26. The average molecular weight is 315 g/mol. The van der Waals surface area contributed by atoms with Crippen LogP contribution in [0.4, 0.5) is 0 Å². The number of amides is 1. The van der Waals surface area contributed by atoms with Crippen LogP contribution in [-0.4, -0.2) is 59.9 Å². The number of rotatable bonds is 7. The number of methoxy groups -OCH3 is 1. The van der Waals surface area contributed by atoms with Gasteiger partial charge in [-0.2, -0.15) is 0 Å². The van der Waals surface area contributed by atoms with Crippen LogP contribution in [0.1, 0.15) is 13.3 Å². The molecule has 0 aromatic heterocycles. The van der Waals surface area contributed by atoms with E-state index in [1.165, 1.54) is 20.1 Å². The molecule has 1 aliphatic rings. The second kappa shape index (κ2) is 7.76. The molecule has 0 aromatic carbocycles. The van der Waals surface area contributed by atoms with Gasteiger partial charge in [0.15, 0.2) is 0 Å². The smallest absolute Gasteiger partial charge is 0.370 e. The number of hydrogen-bond donors (Lipinski definition) is 5. The zero-order chi connectivity index (χ0) is 16.9. The van der Waals surface area contributed by atoms with Crippen molar-refractivity contribution in [2.75, 3.05) is 13.7 Å². The van der Waals surface area contributed by atoms with Gasteiger partial charge in [0.1, 0.15) is 6.10 Å². The quantitative estimate of drug-likeness (QED) is 0.292. The third-order valence-electron chi connectivity index (χ3n) is 3.37. The lowest BCUT2D eigenvalue weighted by atomic mass is 9.88. The van der Waals surface area contributed by atoms with Crippen LogP contribution in [0.3, 0.4) is 0 Å². The third kappa shape index (κ3) is 4.43. The summed E-state index contributed by atoms with van der Waals surface area (Å²) in [5.41, 5.74) is 5.51. The molecule has 1 aliphatic heterocycles. The highest BCUT2D eigenvalue weighted by molar-refractivity contribution is 5.89. The predicted octanol–water partition coefficient (Wildman–Crippen LogP) is -1.19. The number of aliphatic hydroxyl groups excluding tert-OH is 1. The summed E-state index contributed by atoms with van der Waals surface area (Å²) < 4.78 is 10.4. The van der Waals surface area contributed by atoms with Gasteiger partial charge in [0.05, 0.1) is 30.5 Å². The standard InChI is InChI=1S/C13H21N3O6/c1-6(18)16-11-8(12(14)15)4-10(13(19)20)22-9(11)3-7(5-17)21-2/h4,7-9,11,17H,3,5H2,1-2H3,(H3,14,15)(H,16,18)(H,19,20)/t7-,8+,9-,11-/m1/s1. The lowest BCUT2D eigenvalue weighted by Gasteiger charge is -2.37. The zero-order valence-corrected chi connectivity index (χ0v) is 12.4. The fourth-order valence-electron chi connectivity index (χ4n) is 2.30. The number of aliphatic hydroxyl groups is 1. The number of carboxylic acid groups (broad SMARTS) is 1. The summed E-state index contributed by atoms with van der Waals surface area (Å²) in [7, 11) is 1.40. The molecule has 0 aliphatic carbocycles. The Morgan fingerprint density at radius 2 is 2.23 bits per heavy atom. The Bertz CT molecular complexity index is 474. The van der Waals surface area contributed by atoms with Gasteiger partial charge in [-0.1, -0.05) is 0 Å². The summed E-state index contributed by atoms with van der Waals surface area (Å²) in [6, 6.07) is -0.720. The first-order chi connectivity index (χ1) is 10.3. The Hall–Kier alpha value is -2.13. The van der Waals surface area contributed by atoms with E-state index in [1.807, 2.05) is 0 Å². The molecule has 0 fully saturated rings. The van der Waals surface area contributed by atoms with Crippen molar-refractivity contribution in [1.82, 2.24) is 5.32 Å². The van der Waals surface area contributed by atoms with Crippen LogP contribution in [0.25, 0.3) is 0 Å². The van der Waals surface area contributed by atoms with Gasteiger partial charge in [0, 0.05) is 20.5 Å². The maximum absolute atomic E-state index is 11.4. The summed E-state index contributed by atoms with van der Waals surface area (Å²) in [6.07, 6.45) is -0.0671. The van der Waals surface area contributed by atoms with Crippen LogP contribution >= 0.6 is 0 Å². The third-order valence-corrected chi connectivity index (χ3v) is 3.37. The van der Waals surface area contributed by atoms with Gasteiger partial charge < -0.3 is 30.7 Å². The van der Waals surface area contributed by atoms with Crippen molar-refractivity contribution in [2.45, 2.75) is 31.6 Å². The lowest BCUT2D eigenvalue weighted by Crippen LogP contribution is -2.55. The first-order valence-corrected chi connectivity index (χ1v) is 6.66. The van der Waals surface area contributed by atoms with Gasteiger partial charge in [0.2, 0.25) is 11.7 Å². The molecule has 9 nitrogen and oxygen atoms in total. The van der Waals surface area contributed by atoms with Gasteiger partial charge >= 0.3 is 5.97 Å². The molecule has 9 heteroatoms. The van der Waals surface area contributed by atoms with E-state index in [-0.39, 0.29) is 30.5 Å². The predicted molar refractivity (Wildman–Crippen MR) is 76.1 cm³/mol.